The van der Waals surface area contributed by atoms with Crippen LogP contribution in [0.15, 0.2) is 60.8 Å². The number of ether oxygens (including phenoxy) is 2. The standard InChI is InChI=1S/C58H104O5/c1-3-5-7-9-11-13-15-17-18-19-20-21-22-23-24-25-26-27-28-29-30-31-32-33-34-35-36-37-38-39-40-41-43-45-47-49-51-53-58(61)63-56(54-59)55-62-57(60)52-50-48-46-44-42-16-14-12-10-8-6-4-2/h5,7,11-14,17-18,20-21,56,59H,3-4,6,8-10,15-16,19,22-55H2,1-2H3/b7-5-,13-11-,14-12-,18-17-,21-20-. The molecule has 0 saturated carbocycles. The van der Waals surface area contributed by atoms with Gasteiger partial charge in [-0.05, 0) is 77.0 Å². The maximum atomic E-state index is 12.3. The lowest BCUT2D eigenvalue weighted by molar-refractivity contribution is -0.161. The molecule has 0 aliphatic carbocycles. The Balaban J connectivity index is 3.39. The van der Waals surface area contributed by atoms with Crippen LogP contribution in [-0.4, -0.2) is 36.4 Å². The van der Waals surface area contributed by atoms with Crippen molar-refractivity contribution in [2.45, 2.75) is 283 Å². The predicted molar refractivity (Wildman–Crippen MR) is 274 cm³/mol. The van der Waals surface area contributed by atoms with Gasteiger partial charge in [-0.1, -0.05) is 248 Å². The first-order chi connectivity index (χ1) is 31.1. The summed E-state index contributed by atoms with van der Waals surface area (Å²) in [5.74, 6) is -0.591. The van der Waals surface area contributed by atoms with Crippen LogP contribution in [0, 0.1) is 0 Å². The molecule has 0 fully saturated rings. The summed E-state index contributed by atoms with van der Waals surface area (Å²) in [5, 5.41) is 9.60. The van der Waals surface area contributed by atoms with E-state index in [0.29, 0.717) is 12.8 Å². The number of aliphatic hydroxyl groups excluding tert-OH is 1. The predicted octanol–water partition coefficient (Wildman–Crippen LogP) is 18.2. The zero-order chi connectivity index (χ0) is 45.6. The average molecular weight is 881 g/mol. The van der Waals surface area contributed by atoms with Crippen molar-refractivity contribution in [2.75, 3.05) is 13.2 Å². The van der Waals surface area contributed by atoms with E-state index in [4.69, 9.17) is 9.47 Å². The Morgan fingerprint density at radius 3 is 1.05 bits per heavy atom. The van der Waals surface area contributed by atoms with Crippen molar-refractivity contribution in [3.63, 3.8) is 0 Å². The monoisotopic (exact) mass is 881 g/mol. The van der Waals surface area contributed by atoms with Crippen LogP contribution in [0.2, 0.25) is 0 Å². The first kappa shape index (κ1) is 60.6. The molecule has 0 saturated heterocycles. The number of hydrogen-bond acceptors (Lipinski definition) is 5. The molecule has 5 heteroatoms. The molecular formula is C58H104O5. The summed E-state index contributed by atoms with van der Waals surface area (Å²) in [6, 6.07) is 0. The summed E-state index contributed by atoms with van der Waals surface area (Å²) < 4.78 is 10.6. The molecule has 0 aliphatic heterocycles. The van der Waals surface area contributed by atoms with E-state index in [1.54, 1.807) is 0 Å². The molecule has 0 aromatic rings. The largest absolute Gasteiger partial charge is 0.462 e. The van der Waals surface area contributed by atoms with Gasteiger partial charge in [-0.25, -0.2) is 0 Å². The van der Waals surface area contributed by atoms with Gasteiger partial charge < -0.3 is 14.6 Å². The normalized spacial score (nSPS) is 12.6. The Hall–Kier alpha value is -2.40. The van der Waals surface area contributed by atoms with Crippen molar-refractivity contribution < 1.29 is 24.2 Å². The van der Waals surface area contributed by atoms with Crippen LogP contribution in [0.1, 0.15) is 277 Å². The lowest BCUT2D eigenvalue weighted by atomic mass is 10.0. The number of unbranched alkanes of at least 4 members (excludes halogenated alkanes) is 32. The topological polar surface area (TPSA) is 72.8 Å². The van der Waals surface area contributed by atoms with E-state index < -0.39 is 6.10 Å². The quantitative estimate of drug-likeness (QED) is 0.0374. The molecule has 1 unspecified atom stereocenters. The molecular weight excluding hydrogens is 777 g/mol. The van der Waals surface area contributed by atoms with Gasteiger partial charge in [0.25, 0.3) is 0 Å². The maximum Gasteiger partial charge on any atom is 0.306 e. The Labute approximate surface area is 391 Å². The van der Waals surface area contributed by atoms with Crippen LogP contribution < -0.4 is 0 Å². The highest BCUT2D eigenvalue weighted by Gasteiger charge is 2.16. The minimum Gasteiger partial charge on any atom is -0.462 e. The number of allylic oxidation sites excluding steroid dienone is 10. The molecule has 0 radical (unpaired) electrons. The van der Waals surface area contributed by atoms with Crippen molar-refractivity contribution in [3.05, 3.63) is 60.8 Å². The first-order valence-corrected chi connectivity index (χ1v) is 27.3. The van der Waals surface area contributed by atoms with E-state index in [9.17, 15) is 14.7 Å². The Morgan fingerprint density at radius 1 is 0.381 bits per heavy atom. The van der Waals surface area contributed by atoms with E-state index in [1.807, 2.05) is 0 Å². The Bertz CT molecular complexity index is 1090. The molecule has 1 atom stereocenters. The third-order valence-corrected chi connectivity index (χ3v) is 12.0. The minimum atomic E-state index is -0.773. The van der Waals surface area contributed by atoms with Gasteiger partial charge in [0.1, 0.15) is 6.61 Å². The van der Waals surface area contributed by atoms with E-state index in [1.165, 1.54) is 180 Å². The van der Waals surface area contributed by atoms with Gasteiger partial charge in [-0.2, -0.15) is 0 Å². The summed E-state index contributed by atoms with van der Waals surface area (Å²) in [5.41, 5.74) is 0. The van der Waals surface area contributed by atoms with Crippen molar-refractivity contribution in [2.24, 2.45) is 0 Å². The summed E-state index contributed by atoms with van der Waals surface area (Å²) in [6.45, 7) is 4.01. The van der Waals surface area contributed by atoms with Gasteiger partial charge >= 0.3 is 11.9 Å². The number of hydrogen-bond donors (Lipinski definition) is 1. The molecule has 0 rings (SSSR count). The second kappa shape index (κ2) is 53.9. The minimum absolute atomic E-state index is 0.0673. The molecule has 0 aromatic heterocycles. The summed E-state index contributed by atoms with van der Waals surface area (Å²) in [6.07, 6.45) is 72.1. The highest BCUT2D eigenvalue weighted by Crippen LogP contribution is 2.17. The fourth-order valence-electron chi connectivity index (χ4n) is 7.95. The van der Waals surface area contributed by atoms with Crippen molar-refractivity contribution in [3.8, 4) is 0 Å². The molecule has 5 nitrogen and oxygen atoms in total. The molecule has 366 valence electrons. The Morgan fingerprint density at radius 2 is 0.683 bits per heavy atom. The number of aliphatic hydroxyl groups is 1. The molecule has 63 heavy (non-hydrogen) atoms. The van der Waals surface area contributed by atoms with E-state index in [0.717, 1.165) is 70.6 Å². The van der Waals surface area contributed by atoms with Crippen LogP contribution in [-0.2, 0) is 19.1 Å². The first-order valence-electron chi connectivity index (χ1n) is 27.3. The smallest absolute Gasteiger partial charge is 0.306 e. The molecule has 0 aliphatic rings. The van der Waals surface area contributed by atoms with Crippen LogP contribution in [0.25, 0.3) is 0 Å². The van der Waals surface area contributed by atoms with Crippen LogP contribution in [0.3, 0.4) is 0 Å². The number of esters is 2. The lowest BCUT2D eigenvalue weighted by Crippen LogP contribution is -2.28. The third-order valence-electron chi connectivity index (χ3n) is 12.0. The van der Waals surface area contributed by atoms with E-state index in [2.05, 4.69) is 74.6 Å². The van der Waals surface area contributed by atoms with Gasteiger partial charge in [-0.15, -0.1) is 0 Å². The molecule has 0 bridgehead atoms. The number of carbonyl (C=O) groups is 2. The average Bonchev–Trinajstić information content (AvgIpc) is 3.29. The van der Waals surface area contributed by atoms with Gasteiger partial charge in [0.05, 0.1) is 6.61 Å². The van der Waals surface area contributed by atoms with Gasteiger partial charge in [-0.3, -0.25) is 9.59 Å². The zero-order valence-corrected chi connectivity index (χ0v) is 41.8. The van der Waals surface area contributed by atoms with Crippen molar-refractivity contribution in [1.82, 2.24) is 0 Å². The Kier molecular flexibility index (Phi) is 51.9. The van der Waals surface area contributed by atoms with Gasteiger partial charge in [0.15, 0.2) is 6.10 Å². The molecule has 0 amide bonds. The van der Waals surface area contributed by atoms with Gasteiger partial charge in [0.2, 0.25) is 0 Å². The number of rotatable bonds is 50. The summed E-state index contributed by atoms with van der Waals surface area (Å²) >= 11 is 0. The molecule has 0 spiro atoms. The number of carbonyl (C=O) groups excluding carboxylic acids is 2. The van der Waals surface area contributed by atoms with Crippen LogP contribution >= 0.6 is 0 Å². The van der Waals surface area contributed by atoms with E-state index in [-0.39, 0.29) is 25.2 Å². The van der Waals surface area contributed by atoms with Crippen molar-refractivity contribution in [1.29, 1.82) is 0 Å². The van der Waals surface area contributed by atoms with Crippen LogP contribution in [0.5, 0.6) is 0 Å². The van der Waals surface area contributed by atoms with Gasteiger partial charge in [0, 0.05) is 12.8 Å². The third kappa shape index (κ3) is 52.1. The SMILES string of the molecule is CC/C=C\C/C=C\C/C=C\C/C=C\CCCCCCCCCCCCCCCCCCCCCCCCCCC(=O)OC(CO)COC(=O)CCCCCCC/C=C\CCCCC. The van der Waals surface area contributed by atoms with E-state index >= 15 is 0 Å². The van der Waals surface area contributed by atoms with Crippen molar-refractivity contribution >= 4 is 11.9 Å². The summed E-state index contributed by atoms with van der Waals surface area (Å²) in [7, 11) is 0. The second-order valence-electron chi connectivity index (χ2n) is 18.3. The zero-order valence-electron chi connectivity index (χ0n) is 41.8. The summed E-state index contributed by atoms with van der Waals surface area (Å²) in [4.78, 5) is 24.4. The molecule has 0 heterocycles. The maximum absolute atomic E-state index is 12.3. The highest BCUT2D eigenvalue weighted by molar-refractivity contribution is 5.70. The second-order valence-corrected chi connectivity index (χ2v) is 18.3. The highest BCUT2D eigenvalue weighted by atomic mass is 16.6. The lowest BCUT2D eigenvalue weighted by Gasteiger charge is -2.15. The van der Waals surface area contributed by atoms with Crippen LogP contribution in [0.4, 0.5) is 0 Å². The fraction of sp³-hybridized carbons (Fsp3) is 0.793. The molecule has 0 aromatic carbocycles. The molecule has 1 N–H and O–H groups in total. The fourth-order valence-corrected chi connectivity index (χ4v) is 7.95.